The van der Waals surface area contributed by atoms with Gasteiger partial charge in [-0.2, -0.15) is 0 Å². The number of rotatable bonds is 12. The molecule has 1 aliphatic rings. The maximum absolute atomic E-state index is 5.37. The molecule has 0 aromatic rings. The highest BCUT2D eigenvalue weighted by atomic mass is 16.5. The van der Waals surface area contributed by atoms with Crippen LogP contribution in [0.15, 0.2) is 4.99 Å². The lowest BCUT2D eigenvalue weighted by molar-refractivity contribution is 0.0376. The Kier molecular flexibility index (Phi) is 12.7. The van der Waals surface area contributed by atoms with E-state index in [1.54, 1.807) is 7.11 Å². The zero-order valence-corrected chi connectivity index (χ0v) is 15.9. The van der Waals surface area contributed by atoms with E-state index in [1.165, 1.54) is 0 Å². The van der Waals surface area contributed by atoms with Gasteiger partial charge in [0.15, 0.2) is 5.96 Å². The SMILES string of the molecule is CCNC(=NCCCN(C)CCOC)NCCCN1CCOCC1. The van der Waals surface area contributed by atoms with E-state index in [-0.39, 0.29) is 0 Å². The molecule has 142 valence electrons. The highest BCUT2D eigenvalue weighted by molar-refractivity contribution is 5.79. The lowest BCUT2D eigenvalue weighted by Gasteiger charge is -2.26. The number of guanidine groups is 1. The van der Waals surface area contributed by atoms with Crippen LogP contribution in [0.25, 0.3) is 0 Å². The minimum atomic E-state index is 0.785. The zero-order chi connectivity index (χ0) is 17.5. The summed E-state index contributed by atoms with van der Waals surface area (Å²) in [5.41, 5.74) is 0. The maximum Gasteiger partial charge on any atom is 0.191 e. The van der Waals surface area contributed by atoms with Gasteiger partial charge in [0.05, 0.1) is 19.8 Å². The molecule has 2 N–H and O–H groups in total. The summed E-state index contributed by atoms with van der Waals surface area (Å²) in [6.07, 6.45) is 2.19. The maximum atomic E-state index is 5.37. The minimum absolute atomic E-state index is 0.785. The Morgan fingerprint density at radius 3 is 2.71 bits per heavy atom. The van der Waals surface area contributed by atoms with Crippen LogP contribution in [0.2, 0.25) is 0 Å². The van der Waals surface area contributed by atoms with Crippen LogP contribution < -0.4 is 10.6 Å². The van der Waals surface area contributed by atoms with Crippen molar-refractivity contribution in [2.45, 2.75) is 19.8 Å². The van der Waals surface area contributed by atoms with E-state index < -0.39 is 0 Å². The number of hydrogen-bond donors (Lipinski definition) is 2. The molecular weight excluding hydrogens is 306 g/mol. The first kappa shape index (κ1) is 21.2. The molecule has 1 rings (SSSR count). The normalized spacial score (nSPS) is 16.6. The first-order chi connectivity index (χ1) is 11.8. The van der Waals surface area contributed by atoms with E-state index in [1.807, 2.05) is 0 Å². The molecular formula is C17H37N5O2. The third-order valence-corrected chi connectivity index (χ3v) is 4.04. The standard InChI is InChI=1S/C17H37N5O2/c1-4-18-17(19-7-5-9-21(2)11-14-23-3)20-8-6-10-22-12-15-24-16-13-22/h4-16H2,1-3H3,(H2,18,19,20). The molecule has 0 spiro atoms. The summed E-state index contributed by atoms with van der Waals surface area (Å²) in [5, 5.41) is 6.75. The topological polar surface area (TPSA) is 61.4 Å². The number of ether oxygens (including phenoxy) is 2. The summed E-state index contributed by atoms with van der Waals surface area (Å²) in [6, 6.07) is 0. The first-order valence-corrected chi connectivity index (χ1v) is 9.26. The van der Waals surface area contributed by atoms with Crippen molar-refractivity contribution in [1.29, 1.82) is 0 Å². The van der Waals surface area contributed by atoms with Crippen LogP contribution in [0.5, 0.6) is 0 Å². The number of aliphatic imine (C=N–C) groups is 1. The minimum Gasteiger partial charge on any atom is -0.383 e. The highest BCUT2D eigenvalue weighted by Gasteiger charge is 2.09. The second kappa shape index (κ2) is 14.5. The monoisotopic (exact) mass is 343 g/mol. The average Bonchev–Trinajstić information content (AvgIpc) is 2.61. The molecule has 0 saturated carbocycles. The quantitative estimate of drug-likeness (QED) is 0.301. The third-order valence-electron chi connectivity index (χ3n) is 4.04. The fraction of sp³-hybridized carbons (Fsp3) is 0.941. The van der Waals surface area contributed by atoms with Crippen molar-refractivity contribution >= 4 is 5.96 Å². The van der Waals surface area contributed by atoms with Crippen molar-refractivity contribution < 1.29 is 9.47 Å². The van der Waals surface area contributed by atoms with Crippen LogP contribution in [0, 0.1) is 0 Å². The van der Waals surface area contributed by atoms with Gasteiger partial charge in [0.2, 0.25) is 0 Å². The second-order valence-corrected chi connectivity index (χ2v) is 6.14. The second-order valence-electron chi connectivity index (χ2n) is 6.14. The number of likely N-dealkylation sites (N-methyl/N-ethyl adjacent to an activating group) is 1. The van der Waals surface area contributed by atoms with Crippen molar-refractivity contribution in [3.05, 3.63) is 0 Å². The lowest BCUT2D eigenvalue weighted by atomic mass is 10.3. The number of nitrogens with zero attached hydrogens (tertiary/aromatic N) is 3. The molecule has 0 amide bonds. The Morgan fingerprint density at radius 2 is 2.00 bits per heavy atom. The molecule has 0 radical (unpaired) electrons. The van der Waals surface area contributed by atoms with Gasteiger partial charge >= 0.3 is 0 Å². The Labute approximate surface area is 147 Å². The van der Waals surface area contributed by atoms with Crippen LogP contribution >= 0.6 is 0 Å². The molecule has 0 aromatic heterocycles. The molecule has 24 heavy (non-hydrogen) atoms. The summed E-state index contributed by atoms with van der Waals surface area (Å²) in [4.78, 5) is 9.40. The predicted octanol–water partition coefficient (Wildman–Crippen LogP) is 0.232. The lowest BCUT2D eigenvalue weighted by Crippen LogP contribution is -2.40. The van der Waals surface area contributed by atoms with E-state index >= 15 is 0 Å². The fourth-order valence-electron chi connectivity index (χ4n) is 2.57. The molecule has 0 atom stereocenters. The summed E-state index contributed by atoms with van der Waals surface area (Å²) < 4.78 is 10.5. The van der Waals surface area contributed by atoms with Crippen LogP contribution in [-0.4, -0.2) is 102 Å². The Balaban J connectivity index is 2.12. The largest absolute Gasteiger partial charge is 0.383 e. The van der Waals surface area contributed by atoms with Crippen molar-refractivity contribution in [3.8, 4) is 0 Å². The van der Waals surface area contributed by atoms with Crippen molar-refractivity contribution in [2.75, 3.05) is 86.3 Å². The molecule has 0 aliphatic carbocycles. The van der Waals surface area contributed by atoms with Crippen LogP contribution in [0.4, 0.5) is 0 Å². The van der Waals surface area contributed by atoms with Gasteiger partial charge in [-0.1, -0.05) is 0 Å². The van der Waals surface area contributed by atoms with Gasteiger partial charge in [0, 0.05) is 46.4 Å². The van der Waals surface area contributed by atoms with Gasteiger partial charge in [-0.15, -0.1) is 0 Å². The zero-order valence-electron chi connectivity index (χ0n) is 15.9. The highest BCUT2D eigenvalue weighted by Crippen LogP contribution is 1.97. The van der Waals surface area contributed by atoms with E-state index in [0.717, 1.165) is 91.0 Å². The molecule has 1 fully saturated rings. The Hall–Kier alpha value is -0.890. The van der Waals surface area contributed by atoms with Crippen LogP contribution in [-0.2, 0) is 9.47 Å². The first-order valence-electron chi connectivity index (χ1n) is 9.26. The van der Waals surface area contributed by atoms with E-state index in [2.05, 4.69) is 39.4 Å². The number of methoxy groups -OCH3 is 1. The molecule has 0 aromatic carbocycles. The summed E-state index contributed by atoms with van der Waals surface area (Å²) >= 11 is 0. The van der Waals surface area contributed by atoms with Gasteiger partial charge in [-0.05, 0) is 39.9 Å². The molecule has 1 heterocycles. The Bertz CT molecular complexity index is 322. The molecule has 0 bridgehead atoms. The predicted molar refractivity (Wildman–Crippen MR) is 99.8 cm³/mol. The van der Waals surface area contributed by atoms with Gasteiger partial charge in [-0.25, -0.2) is 0 Å². The molecule has 1 aliphatic heterocycles. The van der Waals surface area contributed by atoms with Crippen molar-refractivity contribution in [1.82, 2.24) is 20.4 Å². The molecule has 0 unspecified atom stereocenters. The third kappa shape index (κ3) is 10.8. The fourth-order valence-corrected chi connectivity index (χ4v) is 2.57. The molecule has 7 heteroatoms. The summed E-state index contributed by atoms with van der Waals surface area (Å²) in [7, 11) is 3.86. The number of hydrogen-bond acceptors (Lipinski definition) is 5. The molecule has 7 nitrogen and oxygen atoms in total. The van der Waals surface area contributed by atoms with E-state index in [4.69, 9.17) is 9.47 Å². The number of nitrogens with one attached hydrogen (secondary N) is 2. The van der Waals surface area contributed by atoms with Crippen molar-refractivity contribution in [3.63, 3.8) is 0 Å². The summed E-state index contributed by atoms with van der Waals surface area (Å²) in [5.74, 6) is 0.930. The average molecular weight is 344 g/mol. The smallest absolute Gasteiger partial charge is 0.191 e. The van der Waals surface area contributed by atoms with E-state index in [9.17, 15) is 0 Å². The van der Waals surface area contributed by atoms with Gasteiger partial charge in [0.1, 0.15) is 0 Å². The Morgan fingerprint density at radius 1 is 1.21 bits per heavy atom. The van der Waals surface area contributed by atoms with Crippen LogP contribution in [0.3, 0.4) is 0 Å². The summed E-state index contributed by atoms with van der Waals surface area (Å²) in [6.45, 7) is 12.6. The number of morpholine rings is 1. The van der Waals surface area contributed by atoms with Gasteiger partial charge in [0.25, 0.3) is 0 Å². The van der Waals surface area contributed by atoms with Gasteiger partial charge < -0.3 is 25.0 Å². The molecule has 1 saturated heterocycles. The van der Waals surface area contributed by atoms with Crippen molar-refractivity contribution in [2.24, 2.45) is 4.99 Å². The van der Waals surface area contributed by atoms with Crippen LogP contribution in [0.1, 0.15) is 19.8 Å². The van der Waals surface area contributed by atoms with Gasteiger partial charge in [-0.3, -0.25) is 9.89 Å². The van der Waals surface area contributed by atoms with E-state index in [0.29, 0.717) is 0 Å².